The van der Waals surface area contributed by atoms with Crippen LogP contribution in [-0.4, -0.2) is 10.0 Å². The number of nitro benzene ring substituents is 1. The van der Waals surface area contributed by atoms with Gasteiger partial charge in [0.2, 0.25) is 0 Å². The van der Waals surface area contributed by atoms with Crippen molar-refractivity contribution in [3.05, 3.63) is 51.6 Å². The molecule has 2 aromatic rings. The molecule has 3 N–H and O–H groups in total. The fourth-order valence-electron chi connectivity index (χ4n) is 2.11. The number of aromatic hydroxyl groups is 1. The molecular formula is C14H14N2O3. The minimum Gasteiger partial charge on any atom is -0.506 e. The highest BCUT2D eigenvalue weighted by Crippen LogP contribution is 2.37. The topological polar surface area (TPSA) is 89.4 Å². The van der Waals surface area contributed by atoms with E-state index >= 15 is 0 Å². The van der Waals surface area contributed by atoms with E-state index in [1.54, 1.807) is 0 Å². The summed E-state index contributed by atoms with van der Waals surface area (Å²) in [6.45, 7) is 3.83. The molecule has 0 fully saturated rings. The number of nitrogens with zero attached hydrogens (tertiary/aromatic N) is 1. The van der Waals surface area contributed by atoms with Crippen molar-refractivity contribution in [1.82, 2.24) is 0 Å². The maximum Gasteiger partial charge on any atom is 0.279 e. The van der Waals surface area contributed by atoms with Gasteiger partial charge in [-0.3, -0.25) is 10.1 Å². The summed E-state index contributed by atoms with van der Waals surface area (Å²) in [5.74, 6) is -0.153. The molecule has 98 valence electrons. The van der Waals surface area contributed by atoms with Crippen molar-refractivity contribution < 1.29 is 10.0 Å². The molecule has 5 nitrogen and oxygen atoms in total. The molecule has 19 heavy (non-hydrogen) atoms. The summed E-state index contributed by atoms with van der Waals surface area (Å²) in [6, 6.07) is 8.17. The van der Waals surface area contributed by atoms with Crippen molar-refractivity contribution in [3.63, 3.8) is 0 Å². The van der Waals surface area contributed by atoms with Gasteiger partial charge in [-0.05, 0) is 25.5 Å². The molecule has 0 saturated carbocycles. The van der Waals surface area contributed by atoms with Crippen LogP contribution in [0.5, 0.6) is 5.75 Å². The van der Waals surface area contributed by atoms with E-state index in [0.29, 0.717) is 11.1 Å². The second-order valence-electron chi connectivity index (χ2n) is 4.56. The second-order valence-corrected chi connectivity index (χ2v) is 4.56. The standard InChI is InChI=1S/C14H14N2O3/c1-8-3-9(2)5-10(4-8)11-6-14(17)12(15)7-13(11)16(18)19/h3-7,17H,15H2,1-2H3. The summed E-state index contributed by atoms with van der Waals surface area (Å²) >= 11 is 0. The monoisotopic (exact) mass is 258 g/mol. The number of benzene rings is 2. The first-order chi connectivity index (χ1) is 8.88. The number of phenolic OH excluding ortho intramolecular Hbond substituents is 1. The lowest BCUT2D eigenvalue weighted by atomic mass is 9.98. The average molecular weight is 258 g/mol. The van der Waals surface area contributed by atoms with E-state index < -0.39 is 4.92 Å². The van der Waals surface area contributed by atoms with Crippen LogP contribution in [-0.2, 0) is 0 Å². The van der Waals surface area contributed by atoms with Gasteiger partial charge in [0.1, 0.15) is 5.75 Å². The van der Waals surface area contributed by atoms with Gasteiger partial charge in [0.25, 0.3) is 5.69 Å². The molecule has 0 unspecified atom stereocenters. The Labute approximate surface area is 110 Å². The zero-order chi connectivity index (χ0) is 14.2. The number of hydrogen-bond acceptors (Lipinski definition) is 4. The van der Waals surface area contributed by atoms with Crippen molar-refractivity contribution >= 4 is 11.4 Å². The second kappa shape index (κ2) is 4.61. The van der Waals surface area contributed by atoms with Crippen LogP contribution < -0.4 is 5.73 Å². The largest absolute Gasteiger partial charge is 0.506 e. The van der Waals surface area contributed by atoms with Crippen LogP contribution in [0.25, 0.3) is 11.1 Å². The molecule has 0 aliphatic carbocycles. The van der Waals surface area contributed by atoms with E-state index in [1.165, 1.54) is 12.1 Å². The van der Waals surface area contributed by atoms with Crippen LogP contribution in [0.2, 0.25) is 0 Å². The van der Waals surface area contributed by atoms with Gasteiger partial charge in [-0.15, -0.1) is 0 Å². The highest BCUT2D eigenvalue weighted by Gasteiger charge is 2.18. The van der Waals surface area contributed by atoms with Gasteiger partial charge < -0.3 is 10.8 Å². The van der Waals surface area contributed by atoms with E-state index in [1.807, 2.05) is 32.0 Å². The number of nitro groups is 1. The Morgan fingerprint density at radius 3 is 2.21 bits per heavy atom. The van der Waals surface area contributed by atoms with Crippen LogP contribution in [0, 0.1) is 24.0 Å². The predicted octanol–water partition coefficient (Wildman–Crippen LogP) is 3.17. The Hall–Kier alpha value is -2.56. The number of aryl methyl sites for hydroxylation is 2. The van der Waals surface area contributed by atoms with Crippen molar-refractivity contribution in [3.8, 4) is 16.9 Å². The van der Waals surface area contributed by atoms with Crippen molar-refractivity contribution in [1.29, 1.82) is 0 Å². The van der Waals surface area contributed by atoms with Gasteiger partial charge in [-0.25, -0.2) is 0 Å². The molecule has 2 rings (SSSR count). The van der Waals surface area contributed by atoms with Crippen molar-refractivity contribution in [2.24, 2.45) is 0 Å². The molecule has 0 heterocycles. The lowest BCUT2D eigenvalue weighted by molar-refractivity contribution is -0.384. The third-order valence-electron chi connectivity index (χ3n) is 2.87. The van der Waals surface area contributed by atoms with Crippen molar-refractivity contribution in [2.45, 2.75) is 13.8 Å². The van der Waals surface area contributed by atoms with E-state index in [4.69, 9.17) is 5.73 Å². The first-order valence-corrected chi connectivity index (χ1v) is 5.74. The molecule has 0 saturated heterocycles. The molecule has 0 aromatic heterocycles. The summed E-state index contributed by atoms with van der Waals surface area (Å²) in [7, 11) is 0. The van der Waals surface area contributed by atoms with Crippen LogP contribution in [0.3, 0.4) is 0 Å². The first kappa shape index (κ1) is 12.9. The Balaban J connectivity index is 2.73. The van der Waals surface area contributed by atoms with E-state index in [2.05, 4.69) is 0 Å². The van der Waals surface area contributed by atoms with Gasteiger partial charge in [0.05, 0.1) is 16.2 Å². The Morgan fingerprint density at radius 2 is 1.68 bits per heavy atom. The average Bonchev–Trinajstić information content (AvgIpc) is 2.30. The molecule has 0 atom stereocenters. The fraction of sp³-hybridized carbons (Fsp3) is 0.143. The smallest absolute Gasteiger partial charge is 0.279 e. The summed E-state index contributed by atoms with van der Waals surface area (Å²) in [6.07, 6.45) is 0. The summed E-state index contributed by atoms with van der Waals surface area (Å²) in [5, 5.41) is 20.8. The Kier molecular flexibility index (Phi) is 3.12. The van der Waals surface area contributed by atoms with Crippen LogP contribution >= 0.6 is 0 Å². The van der Waals surface area contributed by atoms with Crippen molar-refractivity contribution in [2.75, 3.05) is 5.73 Å². The molecular weight excluding hydrogens is 244 g/mol. The van der Waals surface area contributed by atoms with Gasteiger partial charge >= 0.3 is 0 Å². The summed E-state index contributed by atoms with van der Waals surface area (Å²) < 4.78 is 0. The molecule has 5 heteroatoms. The minimum atomic E-state index is -0.497. The molecule has 2 aromatic carbocycles. The third-order valence-corrected chi connectivity index (χ3v) is 2.87. The quantitative estimate of drug-likeness (QED) is 0.374. The summed E-state index contributed by atoms with van der Waals surface area (Å²) in [5.41, 5.74) is 8.46. The lowest BCUT2D eigenvalue weighted by Gasteiger charge is -2.08. The zero-order valence-electron chi connectivity index (χ0n) is 10.7. The third kappa shape index (κ3) is 2.49. The maximum atomic E-state index is 11.1. The van der Waals surface area contributed by atoms with E-state index in [0.717, 1.165) is 11.1 Å². The van der Waals surface area contributed by atoms with Gasteiger partial charge in [0, 0.05) is 6.07 Å². The number of nitrogen functional groups attached to an aromatic ring is 1. The molecule has 0 amide bonds. The SMILES string of the molecule is Cc1cc(C)cc(-c2cc(O)c(N)cc2[N+](=O)[O-])c1. The predicted molar refractivity (Wildman–Crippen MR) is 74.1 cm³/mol. The highest BCUT2D eigenvalue weighted by atomic mass is 16.6. The number of phenols is 1. The molecule has 0 aliphatic rings. The Bertz CT molecular complexity index is 646. The number of nitrogens with two attached hydrogens (primary N) is 1. The zero-order valence-corrected chi connectivity index (χ0v) is 10.7. The number of hydrogen-bond donors (Lipinski definition) is 2. The van der Waals surface area contributed by atoms with Gasteiger partial charge in [-0.1, -0.05) is 29.3 Å². The first-order valence-electron chi connectivity index (χ1n) is 5.74. The van der Waals surface area contributed by atoms with Gasteiger partial charge in [-0.2, -0.15) is 0 Å². The van der Waals surface area contributed by atoms with Crippen LogP contribution in [0.15, 0.2) is 30.3 Å². The molecule has 0 spiro atoms. The van der Waals surface area contributed by atoms with Gasteiger partial charge in [0.15, 0.2) is 0 Å². The molecule has 0 radical (unpaired) electrons. The number of rotatable bonds is 2. The normalized spacial score (nSPS) is 10.4. The minimum absolute atomic E-state index is 0.000162. The Morgan fingerprint density at radius 1 is 1.11 bits per heavy atom. The molecule has 0 bridgehead atoms. The lowest BCUT2D eigenvalue weighted by Crippen LogP contribution is -1.96. The van der Waals surface area contributed by atoms with Crippen LogP contribution in [0.1, 0.15) is 11.1 Å². The summed E-state index contributed by atoms with van der Waals surface area (Å²) in [4.78, 5) is 10.6. The number of anilines is 1. The molecule has 0 aliphatic heterocycles. The van der Waals surface area contributed by atoms with Crippen LogP contribution in [0.4, 0.5) is 11.4 Å². The fourth-order valence-corrected chi connectivity index (χ4v) is 2.11. The van der Waals surface area contributed by atoms with E-state index in [-0.39, 0.29) is 17.1 Å². The van der Waals surface area contributed by atoms with E-state index in [9.17, 15) is 15.2 Å². The maximum absolute atomic E-state index is 11.1. The highest BCUT2D eigenvalue weighted by molar-refractivity contribution is 5.79.